The van der Waals surface area contributed by atoms with Gasteiger partial charge < -0.3 is 84.3 Å². The van der Waals surface area contributed by atoms with Gasteiger partial charge >= 0.3 is 11.9 Å². The molecule has 0 aromatic rings. The molecule has 0 aliphatic rings. The van der Waals surface area contributed by atoms with Crippen molar-refractivity contribution in [3.05, 3.63) is 0 Å². The molecule has 12 N–H and O–H groups in total. The van der Waals surface area contributed by atoms with E-state index in [0.717, 1.165) is 0 Å². The fraction of sp³-hybridized carbons (Fsp3) is 0.826. The van der Waals surface area contributed by atoms with Crippen LogP contribution in [0.1, 0.15) is 59.8 Å². The Morgan fingerprint density at radius 1 is 0.812 bits per heavy atom. The lowest BCUT2D eigenvalue weighted by atomic mass is 10.2. The molecule has 4 atom stereocenters. The van der Waals surface area contributed by atoms with Gasteiger partial charge in [0.25, 0.3) is 7.82 Å². The summed E-state index contributed by atoms with van der Waals surface area (Å²) in [4.78, 5) is 98.3. The number of rotatable bonds is 26. The summed E-state index contributed by atoms with van der Waals surface area (Å²) in [5.74, 6) is -2.37. The Kier molecular flexibility index (Phi) is 28.9. The summed E-state index contributed by atoms with van der Waals surface area (Å²) in [5, 5.41) is 8.05. The first-order chi connectivity index (χ1) is 20.8. The Morgan fingerprint density at radius 3 is 1.88 bits per heavy atom. The molecule has 0 aromatic heterocycles. The first-order valence-corrected chi connectivity index (χ1v) is 18.1. The number of ether oxygens (including phenoxy) is 4. The van der Waals surface area contributed by atoms with E-state index in [1.165, 1.54) is 6.92 Å². The summed E-state index contributed by atoms with van der Waals surface area (Å²) in [6.07, 6.45) is -2.81. The van der Waals surface area contributed by atoms with Gasteiger partial charge in [-0.05, 0) is 19.3 Å². The molecule has 1 amide bonds. The van der Waals surface area contributed by atoms with Gasteiger partial charge in [-0.25, -0.2) is 0 Å². The maximum Gasteiger partial charge on any atom is 0.305 e. The van der Waals surface area contributed by atoms with Gasteiger partial charge in [0.1, 0.15) is 19.8 Å². The Balaban J connectivity index is -0.00000323. The molecule has 0 heterocycles. The van der Waals surface area contributed by atoms with E-state index in [0.29, 0.717) is 0 Å². The monoisotopic (exact) mass is 766 g/mol. The number of hydrogen-bond acceptors (Lipinski definition) is 17. The van der Waals surface area contributed by atoms with Crippen LogP contribution in [0.15, 0.2) is 0 Å². The van der Waals surface area contributed by atoms with Gasteiger partial charge in [0.2, 0.25) is 5.91 Å². The maximum atomic E-state index is 11.9. The highest BCUT2D eigenvalue weighted by Gasteiger charge is 2.46. The van der Waals surface area contributed by atoms with Gasteiger partial charge in [-0.15, -0.1) is 0 Å². The van der Waals surface area contributed by atoms with Crippen molar-refractivity contribution in [1.29, 1.82) is 0 Å². The molecule has 0 rings (SSSR count). The van der Waals surface area contributed by atoms with Crippen LogP contribution in [-0.2, 0) is 60.9 Å². The highest BCUT2D eigenvalue weighted by Crippen LogP contribution is 2.65. The minimum Gasteiger partial charge on any atom is -0.776 e. The summed E-state index contributed by atoms with van der Waals surface area (Å²) in [6, 6.07) is 0. The number of ketones is 1. The number of carbonyl (C=O) groups excluding carboxylic acids is 4. The molecule has 0 aliphatic carbocycles. The largest absolute Gasteiger partial charge is 0.776 e. The lowest BCUT2D eigenvalue weighted by Crippen LogP contribution is -2.38. The number of phosphoric ester groups is 1. The van der Waals surface area contributed by atoms with Crippen LogP contribution in [0.2, 0.25) is 0 Å². The molecule has 0 spiro atoms. The molecule has 0 aromatic carbocycles. The van der Waals surface area contributed by atoms with Crippen LogP contribution in [0.4, 0.5) is 0 Å². The van der Waals surface area contributed by atoms with E-state index in [1.807, 2.05) is 0 Å². The number of hydrogen-bond donors (Lipinski definition) is 6. The molecule has 0 saturated heterocycles. The molecule has 0 radical (unpaired) electrons. The van der Waals surface area contributed by atoms with Gasteiger partial charge in [0, 0.05) is 25.8 Å². The number of amides is 1. The Labute approximate surface area is 278 Å². The quantitative estimate of drug-likeness (QED) is 0.0355. The number of esters is 2. The summed E-state index contributed by atoms with van der Waals surface area (Å²) in [7, 11) is -16.6. The van der Waals surface area contributed by atoms with Crippen molar-refractivity contribution in [1.82, 2.24) is 17.6 Å². The van der Waals surface area contributed by atoms with E-state index >= 15 is 0 Å². The molecular weight excluding hydrogens is 715 g/mol. The molecular formula is C23H51N3O19P3-. The zero-order chi connectivity index (χ0) is 34.7. The molecule has 0 saturated carbocycles. The first-order valence-electron chi connectivity index (χ1n) is 13.5. The highest BCUT2D eigenvalue weighted by atomic mass is 31.2. The molecule has 0 fully saturated rings. The fourth-order valence-corrected chi connectivity index (χ4v) is 5.85. The number of aliphatic hydroxyl groups is 1. The van der Waals surface area contributed by atoms with Gasteiger partial charge in [0.15, 0.2) is 32.2 Å². The lowest BCUT2D eigenvalue weighted by molar-refractivity contribution is -0.229. The predicted molar refractivity (Wildman–Crippen MR) is 162 cm³/mol. The molecule has 0 aliphatic heterocycles. The van der Waals surface area contributed by atoms with Gasteiger partial charge in [-0.1, -0.05) is 21.3 Å². The van der Waals surface area contributed by atoms with E-state index in [-0.39, 0.29) is 71.8 Å². The van der Waals surface area contributed by atoms with Crippen LogP contribution in [0.5, 0.6) is 0 Å². The van der Waals surface area contributed by atoms with Crippen molar-refractivity contribution in [3.8, 4) is 0 Å². The van der Waals surface area contributed by atoms with Crippen molar-refractivity contribution in [2.24, 2.45) is 0 Å². The SMILES string of the molecule is C.CCC(=O)OCC(COP(=O)([O-])OCCCC(=O)COCCOCC(=O)NCCCC(O)(P(=O)([O-])O)P(=O)([O-])O)OC(=O)CC.[NH4+].[NH4+]. The number of Topliss-reactive ketones (excluding diaryl/α,β-unsaturated/α-hetero) is 1. The molecule has 22 nitrogen and oxygen atoms in total. The van der Waals surface area contributed by atoms with E-state index in [1.54, 1.807) is 6.92 Å². The molecule has 4 unspecified atom stereocenters. The van der Waals surface area contributed by atoms with E-state index < -0.39 is 97.1 Å². The number of quaternary nitrogens is 2. The third-order valence-corrected chi connectivity index (χ3v) is 10.1. The molecule has 288 valence electrons. The Hall–Kier alpha value is -1.71. The zero-order valence-corrected chi connectivity index (χ0v) is 29.4. The lowest BCUT2D eigenvalue weighted by Gasteiger charge is -2.42. The summed E-state index contributed by atoms with van der Waals surface area (Å²) in [6.45, 7) is 0.169. The standard InChI is InChI=1S/C22H42NO19P3.CH4.2H3N/c1-3-20(26)39-14-18(42-21(27)4-2)15-41-45(35,36)40-10-5-7-17(24)13-37-11-12-38-16-19(25)23-9-6-8-22(28,43(29,30)31)44(32,33)34;;;/h18,28H,3-16H2,1-2H3,(H,23,25)(H,35,36)(H2,29,30,31)(H2,32,33,34);1H4;2*1H3/p-1. The number of phosphoric acid groups is 1. The van der Waals surface area contributed by atoms with E-state index in [4.69, 9.17) is 28.7 Å². The van der Waals surface area contributed by atoms with Crippen molar-refractivity contribution in [2.45, 2.75) is 71.0 Å². The van der Waals surface area contributed by atoms with Crippen LogP contribution >= 0.6 is 23.0 Å². The van der Waals surface area contributed by atoms with Crippen LogP contribution < -0.4 is 32.3 Å². The summed E-state index contributed by atoms with van der Waals surface area (Å²) >= 11 is 0. The third-order valence-electron chi connectivity index (χ3n) is 5.36. The number of nitrogens with one attached hydrogen (secondary N) is 1. The van der Waals surface area contributed by atoms with Crippen molar-refractivity contribution in [2.75, 3.05) is 52.8 Å². The van der Waals surface area contributed by atoms with E-state index in [9.17, 15) is 52.7 Å². The number of carbonyl (C=O) groups is 4. The second-order valence-electron chi connectivity index (χ2n) is 9.09. The highest BCUT2D eigenvalue weighted by molar-refractivity contribution is 7.70. The minimum atomic E-state index is -5.89. The third kappa shape index (κ3) is 22.8. The summed E-state index contributed by atoms with van der Waals surface area (Å²) in [5.41, 5.74) is 0. The molecule has 48 heavy (non-hydrogen) atoms. The fourth-order valence-electron chi connectivity index (χ4n) is 2.92. The van der Waals surface area contributed by atoms with Gasteiger partial charge in [-0.3, -0.25) is 23.7 Å². The van der Waals surface area contributed by atoms with Crippen LogP contribution in [0, 0.1) is 0 Å². The predicted octanol–water partition coefficient (Wildman–Crippen LogP) is -0.832. The normalized spacial score (nSPS) is 16.4. The summed E-state index contributed by atoms with van der Waals surface area (Å²) < 4.78 is 63.4. The topological polar surface area (TPSA) is 390 Å². The minimum absolute atomic E-state index is 0. The van der Waals surface area contributed by atoms with Crippen LogP contribution in [-0.4, -0.2) is 103 Å². The van der Waals surface area contributed by atoms with Crippen LogP contribution in [0.25, 0.3) is 0 Å². The average Bonchev–Trinajstić information content (AvgIpc) is 2.94. The molecule has 25 heteroatoms. The second kappa shape index (κ2) is 26.1. The Bertz CT molecular complexity index is 1080. The van der Waals surface area contributed by atoms with Crippen LogP contribution in [0.3, 0.4) is 0 Å². The van der Waals surface area contributed by atoms with Gasteiger partial charge in [-0.2, -0.15) is 0 Å². The zero-order valence-electron chi connectivity index (χ0n) is 26.7. The smallest absolute Gasteiger partial charge is 0.305 e. The van der Waals surface area contributed by atoms with E-state index in [2.05, 4.69) is 14.4 Å². The second-order valence-corrected chi connectivity index (χ2v) is 14.4. The molecule has 0 bridgehead atoms. The first kappa shape index (κ1) is 53.1. The van der Waals surface area contributed by atoms with Crippen molar-refractivity contribution < 1.29 is 90.4 Å². The average molecular weight is 767 g/mol. The van der Waals surface area contributed by atoms with Crippen molar-refractivity contribution in [3.63, 3.8) is 0 Å². The van der Waals surface area contributed by atoms with Gasteiger partial charge in [0.05, 0.1) is 26.4 Å². The van der Waals surface area contributed by atoms with Crippen molar-refractivity contribution >= 4 is 46.6 Å². The maximum absolute atomic E-state index is 11.9. The Morgan fingerprint density at radius 2 is 1.35 bits per heavy atom.